The van der Waals surface area contributed by atoms with Crippen LogP contribution in [0, 0.1) is 6.92 Å². The maximum atomic E-state index is 12.7. The molecule has 0 bridgehead atoms. The average Bonchev–Trinajstić information content (AvgIpc) is 3.13. The fraction of sp³-hybridized carbons (Fsp3) is 0.182. The van der Waals surface area contributed by atoms with Crippen LogP contribution < -0.4 is 11.1 Å². The number of aryl methyl sites for hydroxylation is 1. The molecule has 1 amide bonds. The van der Waals surface area contributed by atoms with E-state index in [1.165, 1.54) is 0 Å². The molecule has 8 nitrogen and oxygen atoms in total. The second-order valence-electron chi connectivity index (χ2n) is 7.16. The number of hydrogen-bond donors (Lipinski definition) is 3. The third-order valence-electron chi connectivity index (χ3n) is 4.98. The molecule has 0 saturated heterocycles. The summed E-state index contributed by atoms with van der Waals surface area (Å²) < 4.78 is 1.58. The maximum Gasteiger partial charge on any atom is 0.253 e. The van der Waals surface area contributed by atoms with Crippen molar-refractivity contribution < 1.29 is 9.90 Å². The number of amides is 1. The van der Waals surface area contributed by atoms with Crippen LogP contribution in [0.4, 0.5) is 5.95 Å². The highest BCUT2D eigenvalue weighted by Gasteiger charge is 2.14. The largest absolute Gasteiger partial charge is 0.388 e. The first-order valence-corrected chi connectivity index (χ1v) is 10.1. The van der Waals surface area contributed by atoms with Gasteiger partial charge in [-0.15, -0.1) is 5.10 Å². The smallest absolute Gasteiger partial charge is 0.253 e. The van der Waals surface area contributed by atoms with Crippen molar-refractivity contribution in [2.24, 2.45) is 0 Å². The van der Waals surface area contributed by atoms with E-state index in [1.54, 1.807) is 54.2 Å². The van der Waals surface area contributed by atoms with Gasteiger partial charge in [0.25, 0.3) is 5.91 Å². The Balaban J connectivity index is 1.45. The first kappa shape index (κ1) is 20.8. The van der Waals surface area contributed by atoms with Crippen LogP contribution in [0.5, 0.6) is 0 Å². The molecule has 9 heteroatoms. The van der Waals surface area contributed by atoms with Crippen molar-refractivity contribution in [1.29, 1.82) is 0 Å². The zero-order valence-corrected chi connectivity index (χ0v) is 17.5. The van der Waals surface area contributed by atoms with E-state index in [4.69, 9.17) is 17.3 Å². The van der Waals surface area contributed by atoms with Crippen LogP contribution in [0.15, 0.2) is 54.9 Å². The number of pyridine rings is 2. The number of aromatic nitrogens is 4. The standard InChI is InChI=1S/C22H21ClN6O2/c1-13-18(21(31)25-8-6-19(30)14-2-4-17(23)5-3-14)10-16(12-26-13)15-7-9-29-20(11-15)27-22(24)28-29/h2-5,7,9-12,19,30H,6,8H2,1H3,(H2,24,28)(H,25,31)/t19-/m0/s1. The summed E-state index contributed by atoms with van der Waals surface area (Å²) in [6.07, 6.45) is 3.16. The van der Waals surface area contributed by atoms with Gasteiger partial charge in [-0.3, -0.25) is 9.78 Å². The number of fused-ring (bicyclic) bond motifs is 1. The van der Waals surface area contributed by atoms with Crippen LogP contribution in [-0.4, -0.2) is 37.1 Å². The Bertz CT molecular complexity index is 1240. The second-order valence-corrected chi connectivity index (χ2v) is 7.59. The minimum atomic E-state index is -0.689. The zero-order chi connectivity index (χ0) is 22.0. The highest BCUT2D eigenvalue weighted by Crippen LogP contribution is 2.23. The molecule has 1 atom stereocenters. The van der Waals surface area contributed by atoms with E-state index >= 15 is 0 Å². The van der Waals surface area contributed by atoms with Gasteiger partial charge in [-0.1, -0.05) is 23.7 Å². The lowest BCUT2D eigenvalue weighted by Crippen LogP contribution is -2.26. The molecule has 158 valence electrons. The monoisotopic (exact) mass is 436 g/mol. The summed E-state index contributed by atoms with van der Waals surface area (Å²) in [5.74, 6) is -0.0528. The Labute approximate surface area is 183 Å². The summed E-state index contributed by atoms with van der Waals surface area (Å²) in [7, 11) is 0. The topological polar surface area (TPSA) is 118 Å². The molecule has 0 saturated carbocycles. The molecule has 3 heterocycles. The molecule has 0 radical (unpaired) electrons. The van der Waals surface area contributed by atoms with Crippen LogP contribution >= 0.6 is 11.6 Å². The molecule has 0 fully saturated rings. The van der Waals surface area contributed by atoms with Crippen molar-refractivity contribution in [3.63, 3.8) is 0 Å². The summed E-state index contributed by atoms with van der Waals surface area (Å²) >= 11 is 5.87. The lowest BCUT2D eigenvalue weighted by atomic mass is 10.0. The van der Waals surface area contributed by atoms with Gasteiger partial charge >= 0.3 is 0 Å². The van der Waals surface area contributed by atoms with E-state index < -0.39 is 6.10 Å². The number of carbonyl (C=O) groups excluding carboxylic acids is 1. The zero-order valence-electron chi connectivity index (χ0n) is 16.8. The highest BCUT2D eigenvalue weighted by molar-refractivity contribution is 6.30. The van der Waals surface area contributed by atoms with Crippen LogP contribution in [-0.2, 0) is 0 Å². The number of nitrogens with two attached hydrogens (primary N) is 1. The molecule has 0 unspecified atom stereocenters. The SMILES string of the molecule is Cc1ncc(-c2ccn3nc(N)nc3c2)cc1C(=O)NCC[C@H](O)c1ccc(Cl)cc1. The summed E-state index contributed by atoms with van der Waals surface area (Å²) in [4.78, 5) is 21.3. The van der Waals surface area contributed by atoms with Gasteiger partial charge in [0.2, 0.25) is 5.95 Å². The Kier molecular flexibility index (Phi) is 5.83. The maximum absolute atomic E-state index is 12.7. The molecule has 4 rings (SSSR count). The van der Waals surface area contributed by atoms with E-state index in [-0.39, 0.29) is 11.9 Å². The number of aliphatic hydroxyl groups excluding tert-OH is 1. The van der Waals surface area contributed by atoms with Crippen molar-refractivity contribution in [2.75, 3.05) is 12.3 Å². The van der Waals surface area contributed by atoms with Crippen molar-refractivity contribution in [3.05, 3.63) is 76.7 Å². The number of rotatable bonds is 6. The number of nitrogens with zero attached hydrogens (tertiary/aromatic N) is 4. The number of aliphatic hydroxyl groups is 1. The number of halogens is 1. The number of nitrogens with one attached hydrogen (secondary N) is 1. The van der Waals surface area contributed by atoms with Gasteiger partial charge in [0.15, 0.2) is 5.65 Å². The van der Waals surface area contributed by atoms with Crippen molar-refractivity contribution >= 4 is 29.1 Å². The number of anilines is 1. The molecule has 31 heavy (non-hydrogen) atoms. The Morgan fingerprint density at radius 1 is 1.23 bits per heavy atom. The lowest BCUT2D eigenvalue weighted by molar-refractivity contribution is 0.0941. The first-order chi connectivity index (χ1) is 14.9. The summed E-state index contributed by atoms with van der Waals surface area (Å²) in [6, 6.07) is 12.5. The van der Waals surface area contributed by atoms with Crippen LogP contribution in [0.25, 0.3) is 16.8 Å². The predicted octanol–water partition coefficient (Wildman–Crippen LogP) is 3.19. The number of nitrogen functional groups attached to an aromatic ring is 1. The van der Waals surface area contributed by atoms with Gasteiger partial charge in [-0.2, -0.15) is 4.98 Å². The van der Waals surface area contributed by atoms with Crippen molar-refractivity contribution in [1.82, 2.24) is 24.9 Å². The van der Waals surface area contributed by atoms with Crippen LogP contribution in [0.2, 0.25) is 5.02 Å². The average molecular weight is 437 g/mol. The molecular formula is C22H21ClN6O2. The Morgan fingerprint density at radius 3 is 2.77 bits per heavy atom. The molecule has 1 aromatic carbocycles. The molecule has 3 aromatic heterocycles. The van der Waals surface area contributed by atoms with Gasteiger partial charge < -0.3 is 16.2 Å². The minimum Gasteiger partial charge on any atom is -0.388 e. The fourth-order valence-electron chi connectivity index (χ4n) is 3.27. The second kappa shape index (κ2) is 8.71. The lowest BCUT2D eigenvalue weighted by Gasteiger charge is -2.13. The van der Waals surface area contributed by atoms with E-state index in [1.807, 2.05) is 12.1 Å². The Morgan fingerprint density at radius 2 is 2.00 bits per heavy atom. The van der Waals surface area contributed by atoms with Crippen LogP contribution in [0.3, 0.4) is 0 Å². The van der Waals surface area contributed by atoms with E-state index in [0.717, 1.165) is 16.7 Å². The summed E-state index contributed by atoms with van der Waals surface area (Å²) in [5.41, 5.74) is 9.72. The normalized spacial score (nSPS) is 12.1. The van der Waals surface area contributed by atoms with Crippen molar-refractivity contribution in [2.45, 2.75) is 19.4 Å². The first-order valence-electron chi connectivity index (χ1n) is 9.71. The predicted molar refractivity (Wildman–Crippen MR) is 119 cm³/mol. The van der Waals surface area contributed by atoms with E-state index in [0.29, 0.717) is 34.9 Å². The molecule has 0 aliphatic rings. The molecule has 4 aromatic rings. The van der Waals surface area contributed by atoms with Gasteiger partial charge in [0, 0.05) is 29.5 Å². The number of carbonyl (C=O) groups is 1. The van der Waals surface area contributed by atoms with E-state index in [9.17, 15) is 9.90 Å². The molecule has 0 aliphatic heterocycles. The summed E-state index contributed by atoms with van der Waals surface area (Å²) in [6.45, 7) is 2.10. The third-order valence-corrected chi connectivity index (χ3v) is 5.23. The van der Waals surface area contributed by atoms with E-state index in [2.05, 4.69) is 20.4 Å². The molecular weight excluding hydrogens is 416 g/mol. The van der Waals surface area contributed by atoms with Crippen LogP contribution in [0.1, 0.15) is 34.1 Å². The number of hydrogen-bond acceptors (Lipinski definition) is 6. The van der Waals surface area contributed by atoms with Gasteiger partial charge in [-0.25, -0.2) is 4.52 Å². The van der Waals surface area contributed by atoms with Gasteiger partial charge in [0.05, 0.1) is 17.4 Å². The quantitative estimate of drug-likeness (QED) is 0.427. The van der Waals surface area contributed by atoms with Gasteiger partial charge in [0.1, 0.15) is 0 Å². The minimum absolute atomic E-state index is 0.194. The van der Waals surface area contributed by atoms with Crippen molar-refractivity contribution in [3.8, 4) is 11.1 Å². The summed E-state index contributed by atoms with van der Waals surface area (Å²) in [5, 5.41) is 17.8. The highest BCUT2D eigenvalue weighted by atomic mass is 35.5. The molecule has 0 aliphatic carbocycles. The fourth-order valence-corrected chi connectivity index (χ4v) is 3.39. The molecule has 4 N–H and O–H groups in total. The molecule has 0 spiro atoms. The van der Waals surface area contributed by atoms with Gasteiger partial charge in [-0.05, 0) is 54.8 Å². The number of benzene rings is 1. The third kappa shape index (κ3) is 4.65. The Hall–Kier alpha value is -3.49.